The molecule has 2 N–H and O–H groups in total. The summed E-state index contributed by atoms with van der Waals surface area (Å²) >= 11 is 0. The summed E-state index contributed by atoms with van der Waals surface area (Å²) in [5, 5.41) is 10.3. The first-order valence-electron chi connectivity index (χ1n) is 6.93. The highest BCUT2D eigenvalue weighted by molar-refractivity contribution is 5.78. The van der Waals surface area contributed by atoms with Crippen molar-refractivity contribution in [3.63, 3.8) is 0 Å². The van der Waals surface area contributed by atoms with Gasteiger partial charge in [0, 0.05) is 6.07 Å². The third kappa shape index (κ3) is 1.96. The van der Waals surface area contributed by atoms with Gasteiger partial charge in [0.15, 0.2) is 5.82 Å². The molecule has 0 aliphatic rings. The molecule has 4 rings (SSSR count). The molecule has 0 spiro atoms. The van der Waals surface area contributed by atoms with E-state index in [2.05, 4.69) is 15.0 Å². The second-order valence-corrected chi connectivity index (χ2v) is 5.07. The predicted octanol–water partition coefficient (Wildman–Crippen LogP) is 2.75. The molecule has 0 saturated carbocycles. The van der Waals surface area contributed by atoms with Crippen LogP contribution in [0.2, 0.25) is 0 Å². The molecule has 22 heavy (non-hydrogen) atoms. The Hall–Kier alpha value is -3.02. The van der Waals surface area contributed by atoms with Crippen LogP contribution in [-0.2, 0) is 6.42 Å². The van der Waals surface area contributed by atoms with Crippen LogP contribution in [0.5, 0.6) is 5.75 Å². The largest absolute Gasteiger partial charge is 0.497 e. The number of benzene rings is 2. The molecule has 6 nitrogen and oxygen atoms in total. The van der Waals surface area contributed by atoms with Crippen LogP contribution in [0.25, 0.3) is 22.1 Å². The van der Waals surface area contributed by atoms with Gasteiger partial charge in [0.1, 0.15) is 17.1 Å². The summed E-state index contributed by atoms with van der Waals surface area (Å²) in [6, 6.07) is 13.2. The molecule has 4 aromatic rings. The Balaban J connectivity index is 1.75. The standard InChI is InChI=1S/C16H14N4O2/c1-22-10-6-7-13-14(8-10)20(21)16(19-13)9-15-17-11-4-2-3-5-12(11)18-15/h2-8,21H,9H2,1H3,(H,17,18). The molecule has 110 valence electrons. The van der Waals surface area contributed by atoms with E-state index in [-0.39, 0.29) is 0 Å². The minimum Gasteiger partial charge on any atom is -0.497 e. The third-order valence-corrected chi connectivity index (χ3v) is 3.67. The summed E-state index contributed by atoms with van der Waals surface area (Å²) in [4.78, 5) is 12.2. The first-order valence-corrected chi connectivity index (χ1v) is 6.93. The minimum atomic E-state index is 0.419. The number of hydrogen-bond donors (Lipinski definition) is 2. The van der Waals surface area contributed by atoms with Gasteiger partial charge in [-0.25, -0.2) is 9.97 Å². The fourth-order valence-corrected chi connectivity index (χ4v) is 2.57. The van der Waals surface area contributed by atoms with E-state index in [0.717, 1.165) is 27.1 Å². The number of methoxy groups -OCH3 is 1. The number of nitrogens with one attached hydrogen (secondary N) is 1. The number of aromatic nitrogens is 4. The van der Waals surface area contributed by atoms with Gasteiger partial charge in [0.25, 0.3) is 0 Å². The highest BCUT2D eigenvalue weighted by Gasteiger charge is 2.13. The van der Waals surface area contributed by atoms with Gasteiger partial charge in [0.2, 0.25) is 0 Å². The number of para-hydroxylation sites is 2. The molecule has 6 heteroatoms. The van der Waals surface area contributed by atoms with Gasteiger partial charge in [-0.2, -0.15) is 4.73 Å². The van der Waals surface area contributed by atoms with Crippen molar-refractivity contribution in [3.8, 4) is 5.75 Å². The minimum absolute atomic E-state index is 0.419. The number of nitrogens with zero attached hydrogens (tertiary/aromatic N) is 3. The van der Waals surface area contributed by atoms with Crippen LogP contribution in [0.3, 0.4) is 0 Å². The third-order valence-electron chi connectivity index (χ3n) is 3.67. The van der Waals surface area contributed by atoms with E-state index >= 15 is 0 Å². The molecule has 0 aliphatic carbocycles. The number of aromatic amines is 1. The van der Waals surface area contributed by atoms with E-state index in [0.29, 0.717) is 23.5 Å². The van der Waals surface area contributed by atoms with Crippen molar-refractivity contribution in [1.29, 1.82) is 0 Å². The fraction of sp³-hybridized carbons (Fsp3) is 0.125. The molecule has 0 unspecified atom stereocenters. The molecular formula is C16H14N4O2. The summed E-state index contributed by atoms with van der Waals surface area (Å²) in [7, 11) is 1.59. The van der Waals surface area contributed by atoms with Crippen molar-refractivity contribution < 1.29 is 9.94 Å². The van der Waals surface area contributed by atoms with Crippen LogP contribution >= 0.6 is 0 Å². The molecule has 0 aliphatic heterocycles. The molecule has 2 aromatic heterocycles. The lowest BCUT2D eigenvalue weighted by Crippen LogP contribution is -2.01. The van der Waals surface area contributed by atoms with Crippen molar-refractivity contribution in [2.24, 2.45) is 0 Å². The lowest BCUT2D eigenvalue weighted by atomic mass is 10.3. The molecule has 0 saturated heterocycles. The van der Waals surface area contributed by atoms with Gasteiger partial charge in [-0.05, 0) is 24.3 Å². The average molecular weight is 294 g/mol. The molecule has 0 radical (unpaired) electrons. The summed E-state index contributed by atoms with van der Waals surface area (Å²) in [6.45, 7) is 0. The van der Waals surface area contributed by atoms with Crippen LogP contribution in [0, 0.1) is 0 Å². The first kappa shape index (κ1) is 12.7. The van der Waals surface area contributed by atoms with Crippen LogP contribution in [0.15, 0.2) is 42.5 Å². The first-order chi connectivity index (χ1) is 10.7. The molecule has 0 atom stereocenters. The van der Waals surface area contributed by atoms with Crippen molar-refractivity contribution >= 4 is 22.1 Å². The van der Waals surface area contributed by atoms with Crippen molar-refractivity contribution in [2.75, 3.05) is 7.11 Å². The topological polar surface area (TPSA) is 76.0 Å². The van der Waals surface area contributed by atoms with E-state index in [4.69, 9.17) is 4.74 Å². The maximum Gasteiger partial charge on any atom is 0.153 e. The number of fused-ring (bicyclic) bond motifs is 2. The number of hydrogen-bond acceptors (Lipinski definition) is 4. The molecular weight excluding hydrogens is 280 g/mol. The van der Waals surface area contributed by atoms with Crippen molar-refractivity contribution in [1.82, 2.24) is 19.7 Å². The number of ether oxygens (including phenoxy) is 1. The second-order valence-electron chi connectivity index (χ2n) is 5.07. The van der Waals surface area contributed by atoms with Crippen molar-refractivity contribution in [3.05, 3.63) is 54.1 Å². The maximum atomic E-state index is 10.3. The lowest BCUT2D eigenvalue weighted by Gasteiger charge is -2.00. The Morgan fingerprint density at radius 3 is 2.82 bits per heavy atom. The highest BCUT2D eigenvalue weighted by Crippen LogP contribution is 2.22. The quantitative estimate of drug-likeness (QED) is 0.570. The van der Waals surface area contributed by atoms with Gasteiger partial charge in [-0.15, -0.1) is 0 Å². The number of imidazole rings is 2. The summed E-state index contributed by atoms with van der Waals surface area (Å²) in [5.41, 5.74) is 3.21. The zero-order valence-electron chi connectivity index (χ0n) is 11.9. The number of rotatable bonds is 3. The monoisotopic (exact) mass is 294 g/mol. The van der Waals surface area contributed by atoms with Crippen LogP contribution < -0.4 is 4.74 Å². The van der Waals surface area contributed by atoms with E-state index in [1.54, 1.807) is 13.2 Å². The van der Waals surface area contributed by atoms with Crippen molar-refractivity contribution in [2.45, 2.75) is 6.42 Å². The zero-order chi connectivity index (χ0) is 15.1. The lowest BCUT2D eigenvalue weighted by molar-refractivity contribution is 0.188. The smallest absolute Gasteiger partial charge is 0.153 e. The Morgan fingerprint density at radius 2 is 2.00 bits per heavy atom. The Morgan fingerprint density at radius 1 is 1.14 bits per heavy atom. The Bertz CT molecular complexity index is 938. The number of H-pyrrole nitrogens is 1. The second kappa shape index (κ2) is 4.77. The Labute approximate surface area is 126 Å². The molecule has 0 amide bonds. The van der Waals surface area contributed by atoms with E-state index < -0.39 is 0 Å². The SMILES string of the molecule is COc1ccc2nc(Cc3nc4ccccc4[nH]3)n(O)c2c1. The van der Waals surface area contributed by atoms with E-state index in [1.807, 2.05) is 36.4 Å². The molecule has 2 aromatic carbocycles. The van der Waals surface area contributed by atoms with E-state index in [1.165, 1.54) is 0 Å². The van der Waals surface area contributed by atoms with Gasteiger partial charge in [-0.1, -0.05) is 12.1 Å². The Kier molecular flexibility index (Phi) is 2.75. The predicted molar refractivity (Wildman–Crippen MR) is 82.4 cm³/mol. The molecule has 0 fully saturated rings. The molecule has 0 bridgehead atoms. The average Bonchev–Trinajstić information content (AvgIpc) is 3.08. The normalized spacial score (nSPS) is 11.3. The zero-order valence-corrected chi connectivity index (χ0v) is 11.9. The maximum absolute atomic E-state index is 10.3. The van der Waals surface area contributed by atoms with Gasteiger partial charge in [-0.3, -0.25) is 0 Å². The van der Waals surface area contributed by atoms with Crippen LogP contribution in [0.4, 0.5) is 0 Å². The van der Waals surface area contributed by atoms with Gasteiger partial charge >= 0.3 is 0 Å². The highest BCUT2D eigenvalue weighted by atomic mass is 16.5. The molecule has 2 heterocycles. The summed E-state index contributed by atoms with van der Waals surface area (Å²) in [6.07, 6.45) is 0.419. The van der Waals surface area contributed by atoms with E-state index in [9.17, 15) is 5.21 Å². The van der Waals surface area contributed by atoms with Crippen LogP contribution in [0.1, 0.15) is 11.6 Å². The summed E-state index contributed by atoms with van der Waals surface area (Å²) in [5.74, 6) is 1.97. The fourth-order valence-electron chi connectivity index (χ4n) is 2.57. The summed E-state index contributed by atoms with van der Waals surface area (Å²) < 4.78 is 6.26. The van der Waals surface area contributed by atoms with Gasteiger partial charge < -0.3 is 14.9 Å². The van der Waals surface area contributed by atoms with Crippen LogP contribution in [-0.4, -0.2) is 32.0 Å². The van der Waals surface area contributed by atoms with Gasteiger partial charge in [0.05, 0.1) is 30.1 Å².